The van der Waals surface area contributed by atoms with Crippen molar-refractivity contribution in [2.45, 2.75) is 12.2 Å². The fourth-order valence-electron chi connectivity index (χ4n) is 1.12. The first kappa shape index (κ1) is 14.8. The molecule has 0 aliphatic heterocycles. The Morgan fingerprint density at radius 1 is 1.58 bits per heavy atom. The summed E-state index contributed by atoms with van der Waals surface area (Å²) in [5.41, 5.74) is 0.199. The van der Waals surface area contributed by atoms with Gasteiger partial charge in [0.2, 0.25) is 10.0 Å². The van der Waals surface area contributed by atoms with Crippen LogP contribution in [0.15, 0.2) is 24.3 Å². The van der Waals surface area contributed by atoms with E-state index in [9.17, 15) is 13.2 Å². The predicted octanol–water partition coefficient (Wildman–Crippen LogP) is 0.804. The Bertz CT molecular complexity index is 606. The largest absolute Gasteiger partial charge is 0.482 e. The number of nitrogens with zero attached hydrogens (tertiary/aromatic N) is 1. The van der Waals surface area contributed by atoms with E-state index in [2.05, 4.69) is 4.72 Å². The SMILES string of the molecule is CC(C#N)S(=O)(=O)Nc1cccc(OCC(=O)O)c1. The number of carboxylic acid groups (broad SMARTS) is 1. The maximum atomic E-state index is 11.6. The first-order valence-corrected chi connectivity index (χ1v) is 6.75. The minimum atomic E-state index is -3.79. The summed E-state index contributed by atoms with van der Waals surface area (Å²) in [7, 11) is -3.79. The second-order valence-electron chi connectivity index (χ2n) is 3.63. The van der Waals surface area contributed by atoms with Crippen LogP contribution in [-0.4, -0.2) is 31.4 Å². The van der Waals surface area contributed by atoms with Crippen molar-refractivity contribution in [3.63, 3.8) is 0 Å². The Morgan fingerprint density at radius 3 is 2.84 bits per heavy atom. The van der Waals surface area contributed by atoms with Crippen LogP contribution in [0.2, 0.25) is 0 Å². The molecule has 8 heteroatoms. The van der Waals surface area contributed by atoms with Crippen LogP contribution < -0.4 is 9.46 Å². The van der Waals surface area contributed by atoms with Gasteiger partial charge in [-0.25, -0.2) is 13.2 Å². The first-order chi connectivity index (χ1) is 8.85. The van der Waals surface area contributed by atoms with Gasteiger partial charge in [-0.2, -0.15) is 5.26 Å². The molecule has 0 fully saturated rings. The van der Waals surface area contributed by atoms with E-state index in [0.717, 1.165) is 0 Å². The van der Waals surface area contributed by atoms with Crippen LogP contribution in [0.5, 0.6) is 5.75 Å². The molecule has 0 saturated carbocycles. The predicted molar refractivity (Wildman–Crippen MR) is 67.2 cm³/mol. The van der Waals surface area contributed by atoms with Crippen LogP contribution in [0.3, 0.4) is 0 Å². The number of aliphatic carboxylic acids is 1. The molecule has 1 atom stereocenters. The molecule has 1 aromatic rings. The van der Waals surface area contributed by atoms with Gasteiger partial charge in [0, 0.05) is 6.07 Å². The summed E-state index contributed by atoms with van der Waals surface area (Å²) in [5, 5.41) is 15.9. The molecule has 0 bridgehead atoms. The van der Waals surface area contributed by atoms with Crippen molar-refractivity contribution in [3.05, 3.63) is 24.3 Å². The summed E-state index contributed by atoms with van der Waals surface area (Å²) in [6.07, 6.45) is 0. The van der Waals surface area contributed by atoms with Crippen molar-refractivity contribution in [2.75, 3.05) is 11.3 Å². The molecule has 0 amide bonds. The van der Waals surface area contributed by atoms with Crippen molar-refractivity contribution < 1.29 is 23.1 Å². The lowest BCUT2D eigenvalue weighted by Crippen LogP contribution is -2.23. The number of sulfonamides is 1. The summed E-state index contributed by atoms with van der Waals surface area (Å²) >= 11 is 0. The van der Waals surface area contributed by atoms with E-state index in [1.165, 1.54) is 31.2 Å². The van der Waals surface area contributed by atoms with Gasteiger partial charge in [-0.3, -0.25) is 4.72 Å². The topological polar surface area (TPSA) is 116 Å². The summed E-state index contributed by atoms with van der Waals surface area (Å²) < 4.78 is 30.4. The zero-order chi connectivity index (χ0) is 14.5. The molecule has 1 rings (SSSR count). The maximum absolute atomic E-state index is 11.6. The highest BCUT2D eigenvalue weighted by Crippen LogP contribution is 2.19. The minimum Gasteiger partial charge on any atom is -0.482 e. The van der Waals surface area contributed by atoms with Crippen molar-refractivity contribution in [3.8, 4) is 11.8 Å². The van der Waals surface area contributed by atoms with E-state index in [1.54, 1.807) is 6.07 Å². The average Bonchev–Trinajstić information content (AvgIpc) is 2.35. The fraction of sp³-hybridized carbons (Fsp3) is 0.273. The lowest BCUT2D eigenvalue weighted by molar-refractivity contribution is -0.139. The van der Waals surface area contributed by atoms with E-state index in [-0.39, 0.29) is 11.4 Å². The lowest BCUT2D eigenvalue weighted by Gasteiger charge is -2.10. The Morgan fingerprint density at radius 2 is 2.26 bits per heavy atom. The maximum Gasteiger partial charge on any atom is 0.341 e. The van der Waals surface area contributed by atoms with Crippen LogP contribution in [0.1, 0.15) is 6.92 Å². The molecular weight excluding hydrogens is 272 g/mol. The number of ether oxygens (including phenoxy) is 1. The first-order valence-electron chi connectivity index (χ1n) is 5.21. The number of hydrogen-bond donors (Lipinski definition) is 2. The van der Waals surface area contributed by atoms with Crippen molar-refractivity contribution in [1.82, 2.24) is 0 Å². The zero-order valence-electron chi connectivity index (χ0n) is 10.0. The van der Waals surface area contributed by atoms with E-state index >= 15 is 0 Å². The number of anilines is 1. The molecule has 1 unspecified atom stereocenters. The van der Waals surface area contributed by atoms with Crippen molar-refractivity contribution >= 4 is 21.7 Å². The van der Waals surface area contributed by atoms with Gasteiger partial charge in [0.05, 0.1) is 11.8 Å². The van der Waals surface area contributed by atoms with Gasteiger partial charge < -0.3 is 9.84 Å². The van der Waals surface area contributed by atoms with Crippen LogP contribution in [0.4, 0.5) is 5.69 Å². The van der Waals surface area contributed by atoms with Gasteiger partial charge in [-0.15, -0.1) is 0 Å². The highest BCUT2D eigenvalue weighted by molar-refractivity contribution is 7.93. The molecule has 0 aromatic heterocycles. The van der Waals surface area contributed by atoms with E-state index in [0.29, 0.717) is 0 Å². The molecule has 2 N–H and O–H groups in total. The van der Waals surface area contributed by atoms with Crippen LogP contribution >= 0.6 is 0 Å². The van der Waals surface area contributed by atoms with Crippen molar-refractivity contribution in [1.29, 1.82) is 5.26 Å². The Hall–Kier alpha value is -2.27. The highest BCUT2D eigenvalue weighted by Gasteiger charge is 2.20. The second kappa shape index (κ2) is 6.06. The summed E-state index contributed by atoms with van der Waals surface area (Å²) in [6.45, 7) is 0.734. The second-order valence-corrected chi connectivity index (χ2v) is 5.63. The minimum absolute atomic E-state index is 0.199. The van der Waals surface area contributed by atoms with E-state index < -0.39 is 27.8 Å². The van der Waals surface area contributed by atoms with E-state index in [1.807, 2.05) is 0 Å². The van der Waals surface area contributed by atoms with Crippen molar-refractivity contribution in [2.24, 2.45) is 0 Å². The number of carboxylic acids is 1. The smallest absolute Gasteiger partial charge is 0.341 e. The molecule has 0 radical (unpaired) electrons. The average molecular weight is 284 g/mol. The summed E-state index contributed by atoms with van der Waals surface area (Å²) in [4.78, 5) is 10.3. The quantitative estimate of drug-likeness (QED) is 0.798. The van der Waals surface area contributed by atoms with Gasteiger partial charge in [0.1, 0.15) is 5.75 Å². The Balaban J connectivity index is 2.83. The highest BCUT2D eigenvalue weighted by atomic mass is 32.2. The number of rotatable bonds is 6. The van der Waals surface area contributed by atoms with Gasteiger partial charge in [0.15, 0.2) is 11.9 Å². The number of carbonyl (C=O) groups is 1. The molecule has 102 valence electrons. The molecule has 7 nitrogen and oxygen atoms in total. The zero-order valence-corrected chi connectivity index (χ0v) is 10.8. The number of benzene rings is 1. The van der Waals surface area contributed by atoms with Crippen LogP contribution in [0, 0.1) is 11.3 Å². The van der Waals surface area contributed by atoms with E-state index in [4.69, 9.17) is 15.1 Å². The third kappa shape index (κ3) is 4.48. The molecule has 0 spiro atoms. The summed E-state index contributed by atoms with van der Waals surface area (Å²) in [5.74, 6) is -0.920. The third-order valence-corrected chi connectivity index (χ3v) is 3.66. The number of hydrogen-bond acceptors (Lipinski definition) is 5. The summed E-state index contributed by atoms with van der Waals surface area (Å²) in [6, 6.07) is 7.43. The van der Waals surface area contributed by atoms with Gasteiger partial charge in [0.25, 0.3) is 0 Å². The van der Waals surface area contributed by atoms with Gasteiger partial charge in [-0.1, -0.05) is 6.07 Å². The molecule has 0 saturated heterocycles. The van der Waals surface area contributed by atoms with Crippen LogP contribution in [-0.2, 0) is 14.8 Å². The third-order valence-electron chi connectivity index (χ3n) is 2.10. The fourth-order valence-corrected chi connectivity index (χ4v) is 1.89. The molecule has 1 aromatic carbocycles. The number of nitrogens with one attached hydrogen (secondary N) is 1. The molecule has 0 aliphatic rings. The number of nitriles is 1. The normalized spacial score (nSPS) is 12.2. The monoisotopic (exact) mass is 284 g/mol. The molecule has 0 heterocycles. The van der Waals surface area contributed by atoms with Crippen LogP contribution in [0.25, 0.3) is 0 Å². The Labute approximate surface area is 110 Å². The molecule has 19 heavy (non-hydrogen) atoms. The Kier molecular flexibility index (Phi) is 4.72. The standard InChI is InChI=1S/C11H12N2O5S/c1-8(6-12)19(16,17)13-9-3-2-4-10(5-9)18-7-11(14)15/h2-5,8,13H,7H2,1H3,(H,14,15). The lowest BCUT2D eigenvalue weighted by atomic mass is 10.3. The molecule has 0 aliphatic carbocycles. The molecular formula is C11H12N2O5S. The van der Waals surface area contributed by atoms with Gasteiger partial charge in [-0.05, 0) is 19.1 Å². The van der Waals surface area contributed by atoms with Gasteiger partial charge >= 0.3 is 5.97 Å².